The predicted octanol–water partition coefficient (Wildman–Crippen LogP) is 13.8. The molecule has 0 rings (SSSR count). The van der Waals surface area contributed by atoms with Gasteiger partial charge in [0.2, 0.25) is 5.91 Å². The quantitative estimate of drug-likeness (QED) is 0.0489. The minimum absolute atomic E-state index is 0.00338. The van der Waals surface area contributed by atoms with E-state index in [0.717, 1.165) is 96.7 Å². The number of amides is 1. The van der Waals surface area contributed by atoms with Crippen LogP contribution in [0.3, 0.4) is 0 Å². The number of nitrogens with zero attached hydrogens (tertiary/aromatic N) is 1. The smallest absolute Gasteiger partial charge is 0.306 e. The normalized spacial score (nSPS) is 11.8. The van der Waals surface area contributed by atoms with Crippen molar-refractivity contribution in [2.75, 3.05) is 32.8 Å². The van der Waals surface area contributed by atoms with Crippen molar-refractivity contribution >= 4 is 17.8 Å². The van der Waals surface area contributed by atoms with Crippen molar-refractivity contribution in [2.45, 2.75) is 260 Å². The molecule has 0 unspecified atom stereocenters. The minimum atomic E-state index is -0.0327. The SMILES string of the molecule is CCCCCCCCCOC(=O)CCCCCCCN(CCCCCCCC(=O)OC(CCCCCCCC)CCCCCCCC)CC(C)(C)CNC(C)=O. The zero-order chi connectivity index (χ0) is 41.4. The molecule has 0 bridgehead atoms. The summed E-state index contributed by atoms with van der Waals surface area (Å²) in [5.41, 5.74) is 0.00338. The summed E-state index contributed by atoms with van der Waals surface area (Å²) in [4.78, 5) is 39.2. The molecule has 0 aliphatic rings. The van der Waals surface area contributed by atoms with Gasteiger partial charge in [-0.1, -0.05) is 176 Å². The van der Waals surface area contributed by atoms with E-state index >= 15 is 0 Å². The molecule has 1 N–H and O–H groups in total. The fourth-order valence-electron chi connectivity index (χ4n) is 7.69. The summed E-state index contributed by atoms with van der Waals surface area (Å²) in [6.07, 6.45) is 38.2. The van der Waals surface area contributed by atoms with Crippen LogP contribution in [0.2, 0.25) is 0 Å². The summed E-state index contributed by atoms with van der Waals surface area (Å²) < 4.78 is 11.5. The van der Waals surface area contributed by atoms with E-state index in [-0.39, 0.29) is 29.4 Å². The Labute approximate surface area is 348 Å². The predicted molar refractivity (Wildman–Crippen MR) is 239 cm³/mol. The molecule has 0 atom stereocenters. The van der Waals surface area contributed by atoms with Crippen LogP contribution in [-0.2, 0) is 23.9 Å². The fourth-order valence-corrected chi connectivity index (χ4v) is 7.69. The molecule has 7 heteroatoms. The highest BCUT2D eigenvalue weighted by molar-refractivity contribution is 5.72. The van der Waals surface area contributed by atoms with Gasteiger partial charge in [0.05, 0.1) is 6.61 Å². The third kappa shape index (κ3) is 39.2. The van der Waals surface area contributed by atoms with Gasteiger partial charge in [-0.25, -0.2) is 0 Å². The van der Waals surface area contributed by atoms with Crippen LogP contribution in [0.15, 0.2) is 0 Å². The third-order valence-electron chi connectivity index (χ3n) is 11.2. The van der Waals surface area contributed by atoms with E-state index < -0.39 is 0 Å². The summed E-state index contributed by atoms with van der Waals surface area (Å²) >= 11 is 0. The van der Waals surface area contributed by atoms with Gasteiger partial charge < -0.3 is 19.7 Å². The van der Waals surface area contributed by atoms with E-state index in [9.17, 15) is 14.4 Å². The highest BCUT2D eigenvalue weighted by Crippen LogP contribution is 2.20. The van der Waals surface area contributed by atoms with E-state index in [1.165, 1.54) is 122 Å². The summed E-state index contributed by atoms with van der Waals surface area (Å²) in [7, 11) is 0. The molecular formula is C49H96N2O5. The van der Waals surface area contributed by atoms with Crippen molar-refractivity contribution < 1.29 is 23.9 Å². The van der Waals surface area contributed by atoms with Crippen molar-refractivity contribution in [1.82, 2.24) is 10.2 Å². The Morgan fingerprint density at radius 2 is 0.911 bits per heavy atom. The van der Waals surface area contributed by atoms with Gasteiger partial charge in [-0.3, -0.25) is 14.4 Å². The maximum absolute atomic E-state index is 12.8. The lowest BCUT2D eigenvalue weighted by atomic mass is 9.92. The van der Waals surface area contributed by atoms with Gasteiger partial charge in [-0.2, -0.15) is 0 Å². The molecule has 0 radical (unpaired) electrons. The minimum Gasteiger partial charge on any atom is -0.466 e. The number of hydrogen-bond donors (Lipinski definition) is 1. The maximum atomic E-state index is 12.8. The molecular weight excluding hydrogens is 697 g/mol. The number of carbonyl (C=O) groups is 3. The first kappa shape index (κ1) is 54.4. The Morgan fingerprint density at radius 3 is 1.38 bits per heavy atom. The molecule has 0 aromatic carbocycles. The molecule has 0 spiro atoms. The monoisotopic (exact) mass is 793 g/mol. The van der Waals surface area contributed by atoms with Gasteiger partial charge >= 0.3 is 11.9 Å². The van der Waals surface area contributed by atoms with Gasteiger partial charge in [-0.15, -0.1) is 0 Å². The molecule has 0 aromatic heterocycles. The topological polar surface area (TPSA) is 84.9 Å². The molecule has 7 nitrogen and oxygen atoms in total. The van der Waals surface area contributed by atoms with E-state index in [2.05, 4.69) is 44.8 Å². The number of nitrogens with one attached hydrogen (secondary N) is 1. The fraction of sp³-hybridized carbons (Fsp3) is 0.939. The number of esters is 2. The molecule has 0 heterocycles. The van der Waals surface area contributed by atoms with Crippen molar-refractivity contribution in [1.29, 1.82) is 0 Å². The zero-order valence-electron chi connectivity index (χ0n) is 38.4. The summed E-state index contributed by atoms with van der Waals surface area (Å²) in [6.45, 7) is 17.2. The number of carbonyl (C=O) groups excluding carboxylic acids is 3. The van der Waals surface area contributed by atoms with Crippen LogP contribution in [0.5, 0.6) is 0 Å². The lowest BCUT2D eigenvalue weighted by molar-refractivity contribution is -0.150. The lowest BCUT2D eigenvalue weighted by Gasteiger charge is -2.33. The Kier molecular flexibility index (Phi) is 39.0. The molecule has 0 fully saturated rings. The number of hydrogen-bond acceptors (Lipinski definition) is 6. The van der Waals surface area contributed by atoms with E-state index in [1.807, 2.05) is 0 Å². The van der Waals surface area contributed by atoms with Crippen LogP contribution >= 0.6 is 0 Å². The van der Waals surface area contributed by atoms with Crippen molar-refractivity contribution in [3.63, 3.8) is 0 Å². The standard InChI is InChI=1S/C49H96N2O5/c1-7-10-13-16-19-28-35-42-55-47(53)38-31-24-20-26-33-40-51(44-49(5,6)43-50-45(4)52)41-34-27-21-25-32-39-48(54)56-46(36-29-22-17-14-11-8-2)37-30-23-18-15-12-9-3/h46H,7-44H2,1-6H3,(H,50,52). The molecule has 0 aliphatic heterocycles. The van der Waals surface area contributed by atoms with Crippen LogP contribution in [-0.4, -0.2) is 61.6 Å². The Morgan fingerprint density at radius 1 is 0.518 bits per heavy atom. The number of rotatable bonds is 43. The van der Waals surface area contributed by atoms with Crippen molar-refractivity contribution in [2.24, 2.45) is 5.41 Å². The van der Waals surface area contributed by atoms with Crippen molar-refractivity contribution in [3.05, 3.63) is 0 Å². The maximum Gasteiger partial charge on any atom is 0.306 e. The second kappa shape index (κ2) is 40.2. The van der Waals surface area contributed by atoms with Crippen LogP contribution in [0, 0.1) is 5.41 Å². The highest BCUT2D eigenvalue weighted by Gasteiger charge is 2.22. The van der Waals surface area contributed by atoms with Gasteiger partial charge in [0.15, 0.2) is 0 Å². The van der Waals surface area contributed by atoms with Crippen LogP contribution in [0.1, 0.15) is 253 Å². The molecule has 0 saturated carbocycles. The molecule has 1 amide bonds. The third-order valence-corrected chi connectivity index (χ3v) is 11.2. The average molecular weight is 793 g/mol. The Bertz CT molecular complexity index is 878. The second-order valence-corrected chi connectivity index (χ2v) is 18.0. The molecule has 0 aromatic rings. The first-order chi connectivity index (χ1) is 27.1. The zero-order valence-corrected chi connectivity index (χ0v) is 38.4. The Balaban J connectivity index is 4.44. The average Bonchev–Trinajstić information content (AvgIpc) is 3.16. The first-order valence-electron chi connectivity index (χ1n) is 24.4. The molecule has 332 valence electrons. The van der Waals surface area contributed by atoms with Gasteiger partial charge in [0, 0.05) is 32.9 Å². The summed E-state index contributed by atoms with van der Waals surface area (Å²) in [5.74, 6) is 0.00865. The van der Waals surface area contributed by atoms with Gasteiger partial charge in [0.25, 0.3) is 0 Å². The molecule has 0 aliphatic carbocycles. The van der Waals surface area contributed by atoms with Crippen LogP contribution < -0.4 is 5.32 Å². The largest absolute Gasteiger partial charge is 0.466 e. The van der Waals surface area contributed by atoms with Gasteiger partial charge in [-0.05, 0) is 76.3 Å². The van der Waals surface area contributed by atoms with E-state index in [0.29, 0.717) is 26.0 Å². The summed E-state index contributed by atoms with van der Waals surface area (Å²) in [5, 5.41) is 3.03. The second-order valence-electron chi connectivity index (χ2n) is 18.0. The Hall–Kier alpha value is -1.63. The number of unbranched alkanes of at least 4 members (excludes halogenated alkanes) is 24. The molecule has 56 heavy (non-hydrogen) atoms. The van der Waals surface area contributed by atoms with Crippen molar-refractivity contribution in [3.8, 4) is 0 Å². The first-order valence-corrected chi connectivity index (χ1v) is 24.4. The lowest BCUT2D eigenvalue weighted by Crippen LogP contribution is -2.42. The van der Waals surface area contributed by atoms with E-state index in [1.54, 1.807) is 6.92 Å². The van der Waals surface area contributed by atoms with Crippen LogP contribution in [0.4, 0.5) is 0 Å². The van der Waals surface area contributed by atoms with Gasteiger partial charge in [0.1, 0.15) is 6.10 Å². The molecule has 0 saturated heterocycles. The summed E-state index contributed by atoms with van der Waals surface area (Å²) in [6, 6.07) is 0. The highest BCUT2D eigenvalue weighted by atomic mass is 16.5. The number of ether oxygens (including phenoxy) is 2. The van der Waals surface area contributed by atoms with E-state index in [4.69, 9.17) is 9.47 Å². The van der Waals surface area contributed by atoms with Crippen LogP contribution in [0.25, 0.3) is 0 Å².